The molecule has 124 valence electrons. The monoisotopic (exact) mass is 325 g/mol. The van der Waals surface area contributed by atoms with Crippen LogP contribution < -0.4 is 4.74 Å². The summed E-state index contributed by atoms with van der Waals surface area (Å²) in [5, 5.41) is 12.9. The predicted molar refractivity (Wildman–Crippen MR) is 86.2 cm³/mol. The molecule has 0 unspecified atom stereocenters. The van der Waals surface area contributed by atoms with Crippen molar-refractivity contribution in [3.05, 3.63) is 47.3 Å². The first-order valence-corrected chi connectivity index (χ1v) is 7.99. The average Bonchev–Trinajstić information content (AvgIpc) is 3.22. The number of hydrogen-bond acceptors (Lipinski definition) is 5. The van der Waals surface area contributed by atoms with Crippen molar-refractivity contribution in [2.45, 2.75) is 38.8 Å². The number of carbonyl (C=O) groups is 1. The lowest BCUT2D eigenvalue weighted by molar-refractivity contribution is -0.139. The van der Waals surface area contributed by atoms with E-state index in [-0.39, 0.29) is 11.9 Å². The van der Waals surface area contributed by atoms with Crippen molar-refractivity contribution in [2.75, 3.05) is 6.54 Å². The van der Waals surface area contributed by atoms with Gasteiger partial charge in [0.1, 0.15) is 5.75 Å². The van der Waals surface area contributed by atoms with E-state index in [4.69, 9.17) is 14.5 Å². The fraction of sp³-hybridized carbons (Fsp3) is 0.389. The summed E-state index contributed by atoms with van der Waals surface area (Å²) in [4.78, 5) is 14.6. The predicted octanol–water partition coefficient (Wildman–Crippen LogP) is 2.99. The van der Waals surface area contributed by atoms with Gasteiger partial charge in [0.15, 0.2) is 11.9 Å². The van der Waals surface area contributed by atoms with Crippen molar-refractivity contribution in [1.29, 1.82) is 5.26 Å². The van der Waals surface area contributed by atoms with Crippen molar-refractivity contribution in [1.82, 2.24) is 10.1 Å². The molecule has 2 heterocycles. The van der Waals surface area contributed by atoms with Crippen LogP contribution in [0, 0.1) is 18.3 Å². The van der Waals surface area contributed by atoms with Crippen molar-refractivity contribution < 1.29 is 14.1 Å². The van der Waals surface area contributed by atoms with Crippen LogP contribution in [0.4, 0.5) is 0 Å². The van der Waals surface area contributed by atoms with Gasteiger partial charge in [-0.1, -0.05) is 11.2 Å². The molecule has 24 heavy (non-hydrogen) atoms. The van der Waals surface area contributed by atoms with E-state index in [2.05, 4.69) is 11.2 Å². The van der Waals surface area contributed by atoms with Crippen LogP contribution in [0.3, 0.4) is 0 Å². The lowest BCUT2D eigenvalue weighted by Crippen LogP contribution is -2.40. The van der Waals surface area contributed by atoms with Crippen molar-refractivity contribution in [3.63, 3.8) is 0 Å². The Hall–Kier alpha value is -2.81. The third-order valence-corrected chi connectivity index (χ3v) is 4.13. The Morgan fingerprint density at radius 2 is 2.33 bits per heavy atom. The van der Waals surface area contributed by atoms with Gasteiger partial charge in [0.25, 0.3) is 5.91 Å². The molecule has 6 heteroatoms. The molecule has 1 aromatic carbocycles. The van der Waals surface area contributed by atoms with Crippen LogP contribution in [0.25, 0.3) is 0 Å². The fourth-order valence-electron chi connectivity index (χ4n) is 2.99. The van der Waals surface area contributed by atoms with Crippen LogP contribution in [0.5, 0.6) is 5.75 Å². The van der Waals surface area contributed by atoms with E-state index in [0.29, 0.717) is 17.9 Å². The van der Waals surface area contributed by atoms with E-state index in [9.17, 15) is 4.79 Å². The SMILES string of the molecule is Cc1cc([C@H]2CCCN2C(=O)[C@H](C)Oc2cccc(C#N)c2)on1. The van der Waals surface area contributed by atoms with Gasteiger partial charge >= 0.3 is 0 Å². The Kier molecular flexibility index (Phi) is 4.52. The Labute approximate surface area is 140 Å². The molecule has 6 nitrogen and oxygen atoms in total. The Morgan fingerprint density at radius 3 is 3.04 bits per heavy atom. The fourth-order valence-corrected chi connectivity index (χ4v) is 2.99. The zero-order chi connectivity index (χ0) is 17.1. The number of nitrogens with zero attached hydrogens (tertiary/aromatic N) is 3. The van der Waals surface area contributed by atoms with E-state index in [1.54, 1.807) is 36.1 Å². The summed E-state index contributed by atoms with van der Waals surface area (Å²) in [5.41, 5.74) is 1.31. The minimum atomic E-state index is -0.636. The van der Waals surface area contributed by atoms with E-state index in [1.807, 2.05) is 13.0 Å². The maximum Gasteiger partial charge on any atom is 0.263 e. The van der Waals surface area contributed by atoms with Gasteiger partial charge in [0, 0.05) is 12.6 Å². The summed E-state index contributed by atoms with van der Waals surface area (Å²) in [7, 11) is 0. The molecule has 1 fully saturated rings. The smallest absolute Gasteiger partial charge is 0.263 e. The molecule has 0 bridgehead atoms. The number of benzene rings is 1. The molecule has 1 aromatic heterocycles. The number of ether oxygens (including phenoxy) is 1. The topological polar surface area (TPSA) is 79.4 Å². The van der Waals surface area contributed by atoms with Crippen molar-refractivity contribution >= 4 is 5.91 Å². The molecule has 1 aliphatic heterocycles. The van der Waals surface area contributed by atoms with Crippen LogP contribution >= 0.6 is 0 Å². The highest BCUT2D eigenvalue weighted by Gasteiger charge is 2.35. The van der Waals surface area contributed by atoms with Gasteiger partial charge in [-0.05, 0) is 44.9 Å². The molecule has 1 saturated heterocycles. The van der Waals surface area contributed by atoms with Gasteiger partial charge in [-0.2, -0.15) is 5.26 Å². The lowest BCUT2D eigenvalue weighted by atomic mass is 10.1. The van der Waals surface area contributed by atoms with Crippen LogP contribution in [0.1, 0.15) is 42.8 Å². The summed E-state index contributed by atoms with van der Waals surface area (Å²) < 4.78 is 11.1. The van der Waals surface area contributed by atoms with Gasteiger partial charge in [0.2, 0.25) is 0 Å². The number of nitriles is 1. The van der Waals surface area contributed by atoms with Crippen LogP contribution in [-0.4, -0.2) is 28.6 Å². The highest BCUT2D eigenvalue weighted by Crippen LogP contribution is 2.33. The average molecular weight is 325 g/mol. The maximum atomic E-state index is 12.8. The third kappa shape index (κ3) is 3.25. The van der Waals surface area contributed by atoms with Gasteiger partial charge in [0.05, 0.1) is 23.4 Å². The number of carbonyl (C=O) groups excluding carboxylic acids is 1. The van der Waals surface area contributed by atoms with E-state index < -0.39 is 6.10 Å². The first-order chi connectivity index (χ1) is 11.6. The van der Waals surface area contributed by atoms with Crippen LogP contribution in [0.15, 0.2) is 34.9 Å². The van der Waals surface area contributed by atoms with E-state index in [0.717, 1.165) is 24.3 Å². The van der Waals surface area contributed by atoms with Gasteiger partial charge in [-0.3, -0.25) is 4.79 Å². The van der Waals surface area contributed by atoms with Gasteiger partial charge in [-0.25, -0.2) is 0 Å². The number of rotatable bonds is 4. The molecule has 0 saturated carbocycles. The number of aryl methyl sites for hydroxylation is 1. The standard InChI is InChI=1S/C18H19N3O3/c1-12-9-17(24-20-12)16-7-4-8-21(16)18(22)13(2)23-15-6-3-5-14(10-15)11-19/h3,5-6,9-10,13,16H,4,7-8H2,1-2H3/t13-,16+/m0/s1. The zero-order valence-electron chi connectivity index (χ0n) is 13.7. The second-order valence-electron chi connectivity index (χ2n) is 5.96. The molecule has 2 atom stereocenters. The molecular formula is C18H19N3O3. The molecule has 3 rings (SSSR count). The largest absolute Gasteiger partial charge is 0.481 e. The molecule has 0 radical (unpaired) electrons. The van der Waals surface area contributed by atoms with E-state index in [1.165, 1.54) is 0 Å². The summed E-state index contributed by atoms with van der Waals surface area (Å²) in [6, 6.07) is 10.7. The lowest BCUT2D eigenvalue weighted by Gasteiger charge is -2.26. The van der Waals surface area contributed by atoms with E-state index >= 15 is 0 Å². The van der Waals surface area contributed by atoms with Crippen LogP contribution in [-0.2, 0) is 4.79 Å². The molecule has 1 amide bonds. The molecule has 0 N–H and O–H groups in total. The molecule has 0 spiro atoms. The Bertz CT molecular complexity index is 778. The minimum Gasteiger partial charge on any atom is -0.481 e. The number of aromatic nitrogens is 1. The Balaban J connectivity index is 1.71. The normalized spacial score (nSPS) is 18.2. The summed E-state index contributed by atoms with van der Waals surface area (Å²) >= 11 is 0. The van der Waals surface area contributed by atoms with Gasteiger partial charge in [-0.15, -0.1) is 0 Å². The highest BCUT2D eigenvalue weighted by molar-refractivity contribution is 5.81. The Morgan fingerprint density at radius 1 is 1.50 bits per heavy atom. The molecular weight excluding hydrogens is 306 g/mol. The maximum absolute atomic E-state index is 12.8. The highest BCUT2D eigenvalue weighted by atomic mass is 16.5. The second kappa shape index (κ2) is 6.75. The summed E-state index contributed by atoms with van der Waals surface area (Å²) in [6.45, 7) is 4.26. The molecule has 1 aliphatic rings. The number of hydrogen-bond donors (Lipinski definition) is 0. The third-order valence-electron chi connectivity index (χ3n) is 4.13. The minimum absolute atomic E-state index is 0.0878. The summed E-state index contributed by atoms with van der Waals surface area (Å²) in [5.74, 6) is 1.15. The second-order valence-corrected chi connectivity index (χ2v) is 5.96. The first kappa shape index (κ1) is 16.1. The number of amides is 1. The van der Waals surface area contributed by atoms with Crippen molar-refractivity contribution in [3.8, 4) is 11.8 Å². The molecule has 2 aromatic rings. The number of likely N-dealkylation sites (tertiary alicyclic amines) is 1. The first-order valence-electron chi connectivity index (χ1n) is 7.99. The van der Waals surface area contributed by atoms with Gasteiger partial charge < -0.3 is 14.2 Å². The van der Waals surface area contributed by atoms with Crippen molar-refractivity contribution in [2.24, 2.45) is 0 Å². The summed E-state index contributed by atoms with van der Waals surface area (Å²) in [6.07, 6.45) is 1.15. The molecule has 0 aliphatic carbocycles. The quantitative estimate of drug-likeness (QED) is 0.863. The zero-order valence-corrected chi connectivity index (χ0v) is 13.7. The van der Waals surface area contributed by atoms with Crippen LogP contribution in [0.2, 0.25) is 0 Å².